The van der Waals surface area contributed by atoms with E-state index in [1.807, 2.05) is 0 Å². The summed E-state index contributed by atoms with van der Waals surface area (Å²) < 4.78 is 84.5. The average Bonchev–Trinajstić information content (AvgIpc) is 2.85. The first-order chi connectivity index (χ1) is 18.9. The number of halogens is 3. The van der Waals surface area contributed by atoms with Gasteiger partial charge in [-0.15, -0.1) is 0 Å². The number of benzene rings is 1. The predicted molar refractivity (Wildman–Crippen MR) is 126 cm³/mol. The van der Waals surface area contributed by atoms with E-state index < -0.39 is 40.0 Å². The van der Waals surface area contributed by atoms with Crippen LogP contribution in [0.15, 0.2) is 47.9 Å². The van der Waals surface area contributed by atoms with Gasteiger partial charge in [-0.2, -0.15) is 18.4 Å². The second-order valence-electron chi connectivity index (χ2n) is 8.90. The maximum Gasteiger partial charge on any atom is 0.490 e. The summed E-state index contributed by atoms with van der Waals surface area (Å²) in [5, 5.41) is 16.3. The highest BCUT2D eigenvalue weighted by Gasteiger charge is 2.69. The number of sulfonamides is 1. The third-order valence-corrected chi connectivity index (χ3v) is 7.64. The number of aliphatic carboxylic acids is 1. The summed E-state index contributed by atoms with van der Waals surface area (Å²) in [6.07, 6.45) is 0.457. The summed E-state index contributed by atoms with van der Waals surface area (Å²) >= 11 is 0. The van der Waals surface area contributed by atoms with Crippen LogP contribution in [0.25, 0.3) is 22.6 Å². The van der Waals surface area contributed by atoms with Gasteiger partial charge in [-0.25, -0.2) is 37.9 Å². The molecule has 0 unspecified atom stereocenters. The van der Waals surface area contributed by atoms with E-state index in [2.05, 4.69) is 30.7 Å². The number of anilines is 1. The van der Waals surface area contributed by atoms with Crippen molar-refractivity contribution in [2.45, 2.75) is 42.7 Å². The molecule has 0 radical (unpaired) electrons. The molecule has 6 rings (SSSR count). The Bertz CT molecular complexity index is 1640. The van der Waals surface area contributed by atoms with Crippen LogP contribution < -0.4 is 10.5 Å². The molecule has 4 N–H and O–H groups in total. The molecule has 2 bridgehead atoms. The van der Waals surface area contributed by atoms with E-state index in [-0.39, 0.29) is 33.2 Å². The van der Waals surface area contributed by atoms with Crippen molar-refractivity contribution < 1.29 is 35.6 Å². The minimum absolute atomic E-state index is 0.0758. The van der Waals surface area contributed by atoms with Crippen molar-refractivity contribution in [2.75, 3.05) is 5.73 Å². The van der Waals surface area contributed by atoms with Gasteiger partial charge in [0.25, 0.3) is 0 Å². The number of aromatic nitrogens is 4. The molecule has 0 amide bonds. The van der Waals surface area contributed by atoms with E-state index in [9.17, 15) is 26.9 Å². The maximum atomic E-state index is 13.1. The number of carbonyl (C=O) groups is 1. The molecule has 11 nitrogen and oxygen atoms in total. The van der Waals surface area contributed by atoms with Crippen molar-refractivity contribution in [3.63, 3.8) is 0 Å². The van der Waals surface area contributed by atoms with Crippen LogP contribution in [-0.4, -0.2) is 51.1 Å². The van der Waals surface area contributed by atoms with E-state index in [4.69, 9.17) is 19.7 Å². The average molecular weight is 551 g/mol. The van der Waals surface area contributed by atoms with E-state index in [1.165, 1.54) is 36.9 Å². The van der Waals surface area contributed by atoms with Gasteiger partial charge in [-0.1, -0.05) is 6.07 Å². The standard InChI is InChI=1S/C21H19N7O2S.C2HF3O2/c1-13-2-3-14(31(29,30)28-21-8-20(9-21,10-21)11-22)6-15(13)17-7-25-19(23)18(27-17)16-4-5-24-12-26-16;3-2(4,5)1(6)7/h2-7,12,28H,8-10H2,1H3,(H2,23,25);(H,6,7)/i1D3;. The number of carboxylic acid groups (broad SMARTS) is 1. The van der Waals surface area contributed by atoms with Crippen molar-refractivity contribution in [3.05, 3.63) is 48.5 Å². The molecule has 15 heteroatoms. The molecule has 0 spiro atoms. The van der Waals surface area contributed by atoms with E-state index in [0.717, 1.165) is 0 Å². The number of nitrogens with one attached hydrogen (secondary N) is 1. The van der Waals surface area contributed by atoms with Gasteiger partial charge in [0.05, 0.1) is 34.0 Å². The fourth-order valence-corrected chi connectivity index (χ4v) is 5.83. The van der Waals surface area contributed by atoms with Crippen LogP contribution in [-0.2, 0) is 14.8 Å². The highest BCUT2D eigenvalue weighted by Crippen LogP contribution is 2.67. The smallest absolute Gasteiger partial charge is 0.475 e. The lowest BCUT2D eigenvalue weighted by atomic mass is 9.40. The van der Waals surface area contributed by atoms with Gasteiger partial charge in [0.15, 0.2) is 5.82 Å². The summed E-state index contributed by atoms with van der Waals surface area (Å²) in [4.78, 5) is 25.3. The molecule has 38 heavy (non-hydrogen) atoms. The quantitative estimate of drug-likeness (QED) is 0.427. The van der Waals surface area contributed by atoms with Crippen molar-refractivity contribution in [2.24, 2.45) is 5.41 Å². The summed E-state index contributed by atoms with van der Waals surface area (Å²) in [5.41, 5.74) is 5.70. The highest BCUT2D eigenvalue weighted by atomic mass is 32.2. The van der Waals surface area contributed by atoms with Gasteiger partial charge in [0.2, 0.25) is 10.0 Å². The first-order valence-corrected chi connectivity index (χ1v) is 12.2. The molecule has 2 aromatic heterocycles. The fourth-order valence-electron chi connectivity index (χ4n) is 4.41. The van der Waals surface area contributed by atoms with Gasteiger partial charge in [0, 0.05) is 21.4 Å². The molecule has 198 valence electrons. The number of nitrogens with two attached hydrogens (primary N) is 1. The van der Waals surface area contributed by atoms with Gasteiger partial charge >= 0.3 is 12.1 Å². The zero-order chi connectivity index (χ0) is 30.4. The molecule has 2 heterocycles. The number of nitrogen functional groups attached to an aromatic ring is 1. The third kappa shape index (κ3) is 5.13. The number of aryl methyl sites for hydroxylation is 1. The molecule has 0 atom stereocenters. The van der Waals surface area contributed by atoms with Crippen molar-refractivity contribution >= 4 is 21.8 Å². The zero-order valence-electron chi connectivity index (χ0n) is 22.2. The predicted octanol–water partition coefficient (Wildman–Crippen LogP) is 2.85. The van der Waals surface area contributed by atoms with Crippen LogP contribution in [0.5, 0.6) is 0 Å². The van der Waals surface area contributed by atoms with E-state index in [0.29, 0.717) is 25.0 Å². The van der Waals surface area contributed by atoms with Gasteiger partial charge in [-0.05, 0) is 49.9 Å². The second kappa shape index (κ2) is 9.30. The Morgan fingerprint density at radius 3 is 2.47 bits per heavy atom. The Morgan fingerprint density at radius 1 is 1.24 bits per heavy atom. The van der Waals surface area contributed by atoms with Gasteiger partial charge in [0.1, 0.15) is 12.0 Å². The Kier molecular flexibility index (Phi) is 5.63. The molecule has 3 fully saturated rings. The number of hydrogen-bond acceptors (Lipinski definition) is 9. The topological polar surface area (TPSA) is 185 Å². The van der Waals surface area contributed by atoms with Gasteiger partial charge in [-0.3, -0.25) is 0 Å². The minimum Gasteiger partial charge on any atom is -0.475 e. The number of carboxylic acids is 1. The van der Waals surface area contributed by atoms with Crippen molar-refractivity contribution in [1.82, 2.24) is 24.7 Å². The Hall–Kier alpha value is -4.16. The molecule has 3 aliphatic rings. The molecule has 3 saturated carbocycles. The monoisotopic (exact) mass is 550 g/mol. The molecule has 3 aromatic rings. The summed E-state index contributed by atoms with van der Waals surface area (Å²) in [7, 11) is -3.98. The Labute approximate surface area is 218 Å². The van der Waals surface area contributed by atoms with Crippen LogP contribution in [0.3, 0.4) is 0 Å². The third-order valence-electron chi connectivity index (χ3n) is 6.06. The van der Waals surface area contributed by atoms with Crippen molar-refractivity contribution in [3.8, 4) is 28.7 Å². The normalized spacial score (nSPS) is 23.2. The second-order valence-corrected chi connectivity index (χ2v) is 10.6. The lowest BCUT2D eigenvalue weighted by Crippen LogP contribution is -2.74. The SMILES string of the molecule is O=C(O)C(F)(F)F.[2H]C([2H])([2H])c1ccc(S(=O)(=O)NC23CC(C#N)(C2)C3)cc1-c1cnc(N)c(-c2ccncn2)n1. The largest absolute Gasteiger partial charge is 0.490 e. The molecule has 1 aromatic carbocycles. The molecular formula is C23H20F3N7O4S. The van der Waals surface area contributed by atoms with Gasteiger partial charge < -0.3 is 10.8 Å². The lowest BCUT2D eigenvalue weighted by Gasteiger charge is -2.66. The molecule has 3 aliphatic carbocycles. The number of hydrogen-bond donors (Lipinski definition) is 3. The number of nitriles is 1. The van der Waals surface area contributed by atoms with Crippen LogP contribution in [0.2, 0.25) is 0 Å². The summed E-state index contributed by atoms with van der Waals surface area (Å²) in [6, 6.07) is 7.62. The first kappa shape index (κ1) is 23.0. The Morgan fingerprint density at radius 2 is 1.92 bits per heavy atom. The van der Waals surface area contributed by atoms with Crippen LogP contribution in [0.4, 0.5) is 19.0 Å². The zero-order valence-corrected chi connectivity index (χ0v) is 20.0. The van der Waals surface area contributed by atoms with E-state index in [1.54, 1.807) is 6.07 Å². The summed E-state index contributed by atoms with van der Waals surface area (Å²) in [6.45, 7) is -2.53. The Balaban J connectivity index is 0.000000493. The number of nitrogens with zero attached hydrogens (tertiary/aromatic N) is 5. The lowest BCUT2D eigenvalue weighted by molar-refractivity contribution is -0.192. The molecular weight excluding hydrogens is 527 g/mol. The number of rotatable bonds is 5. The highest BCUT2D eigenvalue weighted by molar-refractivity contribution is 7.89. The maximum absolute atomic E-state index is 13.1. The van der Waals surface area contributed by atoms with Crippen molar-refractivity contribution in [1.29, 1.82) is 5.26 Å². The summed E-state index contributed by atoms with van der Waals surface area (Å²) in [5.74, 6) is -2.68. The molecule has 0 aliphatic heterocycles. The minimum atomic E-state index is -5.08. The molecule has 0 saturated heterocycles. The van der Waals surface area contributed by atoms with Crippen LogP contribution in [0, 0.1) is 23.6 Å². The van der Waals surface area contributed by atoms with Crippen LogP contribution in [0.1, 0.15) is 28.9 Å². The first-order valence-electron chi connectivity index (χ1n) is 12.2. The number of alkyl halides is 3. The van der Waals surface area contributed by atoms with Crippen LogP contribution >= 0.6 is 0 Å². The fraction of sp³-hybridized carbons (Fsp3) is 0.304. The van der Waals surface area contributed by atoms with E-state index >= 15 is 0 Å².